The third-order valence-electron chi connectivity index (χ3n) is 3.78. The molecule has 0 aliphatic heterocycles. The van der Waals surface area contributed by atoms with E-state index in [1.54, 1.807) is 17.1 Å². The number of ether oxygens (including phenoxy) is 1. The van der Waals surface area contributed by atoms with E-state index in [2.05, 4.69) is 19.9 Å². The predicted octanol–water partition coefficient (Wildman–Crippen LogP) is 3.03. The fourth-order valence-electron chi connectivity index (χ4n) is 2.37. The van der Waals surface area contributed by atoms with E-state index in [9.17, 15) is 13.2 Å². The van der Waals surface area contributed by atoms with Gasteiger partial charge in [0.25, 0.3) is 0 Å². The van der Waals surface area contributed by atoms with E-state index in [0.29, 0.717) is 17.1 Å². The minimum Gasteiger partial charge on any atom is -0.453 e. The Bertz CT molecular complexity index is 836. The third-order valence-corrected chi connectivity index (χ3v) is 5.45. The minimum absolute atomic E-state index is 0.0526. The molecule has 1 aromatic heterocycles. The highest BCUT2D eigenvalue weighted by molar-refractivity contribution is 7.89. The Morgan fingerprint density at radius 3 is 2.58 bits per heavy atom. The van der Waals surface area contributed by atoms with Crippen LogP contribution in [0.15, 0.2) is 41.6 Å². The Balaban J connectivity index is 1.94. The van der Waals surface area contributed by atoms with Gasteiger partial charge in [-0.3, -0.25) is 10.00 Å². The topological polar surface area (TPSA) is 102 Å². The van der Waals surface area contributed by atoms with Gasteiger partial charge in [0, 0.05) is 18.4 Å². The van der Waals surface area contributed by atoms with Crippen LogP contribution in [0.3, 0.4) is 0 Å². The SMILES string of the molecule is CC[C@@H](CCNS(=O)(=O)c1ccc(NC(=O)OC)cc1)n1cc(Cl)cn1. The smallest absolute Gasteiger partial charge is 0.411 e. The molecule has 2 N–H and O–H groups in total. The van der Waals surface area contributed by atoms with E-state index in [4.69, 9.17) is 11.6 Å². The molecule has 0 bridgehead atoms. The maximum atomic E-state index is 12.4. The Hall–Kier alpha value is -2.10. The summed E-state index contributed by atoms with van der Waals surface area (Å²) < 4.78 is 33.5. The standard InChI is InChI=1S/C16H21ClN4O4S/c1-3-14(21-11-12(17)10-18-21)8-9-19-26(23,24)15-6-4-13(5-7-15)20-16(22)25-2/h4-7,10-11,14,19H,3,8-9H2,1-2H3,(H,20,22)/t14-/m0/s1. The van der Waals surface area contributed by atoms with Crippen LogP contribution in [0.4, 0.5) is 10.5 Å². The monoisotopic (exact) mass is 400 g/mol. The second-order valence-electron chi connectivity index (χ2n) is 5.53. The van der Waals surface area contributed by atoms with Gasteiger partial charge >= 0.3 is 6.09 Å². The second-order valence-corrected chi connectivity index (χ2v) is 7.73. The fourth-order valence-corrected chi connectivity index (χ4v) is 3.56. The number of sulfonamides is 1. The highest BCUT2D eigenvalue weighted by atomic mass is 35.5. The maximum Gasteiger partial charge on any atom is 0.411 e. The number of anilines is 1. The summed E-state index contributed by atoms with van der Waals surface area (Å²) in [6.45, 7) is 2.27. The highest BCUT2D eigenvalue weighted by Gasteiger charge is 2.16. The molecule has 0 fully saturated rings. The first kappa shape index (κ1) is 20.2. The predicted molar refractivity (Wildman–Crippen MR) is 98.8 cm³/mol. The lowest BCUT2D eigenvalue weighted by Gasteiger charge is -2.16. The van der Waals surface area contributed by atoms with E-state index in [0.717, 1.165) is 6.42 Å². The molecule has 26 heavy (non-hydrogen) atoms. The number of rotatable bonds is 8. The number of carbonyl (C=O) groups excluding carboxylic acids is 1. The van der Waals surface area contributed by atoms with E-state index in [-0.39, 0.29) is 17.5 Å². The van der Waals surface area contributed by atoms with Crippen LogP contribution in [0.5, 0.6) is 0 Å². The summed E-state index contributed by atoms with van der Waals surface area (Å²) in [6.07, 6.45) is 4.03. The van der Waals surface area contributed by atoms with Gasteiger partial charge in [-0.1, -0.05) is 18.5 Å². The molecular weight excluding hydrogens is 380 g/mol. The molecule has 0 spiro atoms. The van der Waals surface area contributed by atoms with Gasteiger partial charge in [-0.2, -0.15) is 5.10 Å². The lowest BCUT2D eigenvalue weighted by Crippen LogP contribution is -2.27. The van der Waals surface area contributed by atoms with Crippen molar-refractivity contribution in [3.8, 4) is 0 Å². The summed E-state index contributed by atoms with van der Waals surface area (Å²) in [6, 6.07) is 5.87. The van der Waals surface area contributed by atoms with Crippen LogP contribution >= 0.6 is 11.6 Å². The van der Waals surface area contributed by atoms with Gasteiger partial charge < -0.3 is 4.74 Å². The van der Waals surface area contributed by atoms with Crippen molar-refractivity contribution in [1.29, 1.82) is 0 Å². The summed E-state index contributed by atoms with van der Waals surface area (Å²) in [4.78, 5) is 11.2. The number of benzene rings is 1. The molecule has 142 valence electrons. The van der Waals surface area contributed by atoms with Crippen LogP contribution in [0.2, 0.25) is 5.02 Å². The van der Waals surface area contributed by atoms with Gasteiger partial charge in [0.2, 0.25) is 10.0 Å². The van der Waals surface area contributed by atoms with Gasteiger partial charge in [0.1, 0.15) is 0 Å². The number of amides is 1. The molecule has 0 aliphatic carbocycles. The number of halogens is 1. The quantitative estimate of drug-likeness (QED) is 0.709. The van der Waals surface area contributed by atoms with Crippen molar-refractivity contribution in [2.45, 2.75) is 30.7 Å². The van der Waals surface area contributed by atoms with Crippen LogP contribution < -0.4 is 10.0 Å². The minimum atomic E-state index is -3.64. The molecule has 0 aliphatic rings. The number of nitrogens with zero attached hydrogens (tertiary/aromatic N) is 2. The van der Waals surface area contributed by atoms with Gasteiger partial charge in [0.15, 0.2) is 0 Å². The van der Waals surface area contributed by atoms with Crippen molar-refractivity contribution in [2.24, 2.45) is 0 Å². The molecule has 1 heterocycles. The summed E-state index contributed by atoms with van der Waals surface area (Å²) in [5, 5.41) is 7.17. The number of hydrogen-bond acceptors (Lipinski definition) is 5. The van der Waals surface area contributed by atoms with Crippen LogP contribution in [-0.4, -0.2) is 37.9 Å². The lowest BCUT2D eigenvalue weighted by atomic mass is 10.1. The van der Waals surface area contributed by atoms with Crippen molar-refractivity contribution in [3.05, 3.63) is 41.7 Å². The molecule has 10 heteroatoms. The van der Waals surface area contributed by atoms with E-state index >= 15 is 0 Å². The first-order valence-corrected chi connectivity index (χ1v) is 9.86. The number of hydrogen-bond donors (Lipinski definition) is 2. The van der Waals surface area contributed by atoms with Crippen molar-refractivity contribution < 1.29 is 17.9 Å². The first-order chi connectivity index (χ1) is 12.4. The average Bonchev–Trinajstić information content (AvgIpc) is 3.05. The number of nitrogens with one attached hydrogen (secondary N) is 2. The molecule has 1 aromatic carbocycles. The zero-order valence-electron chi connectivity index (χ0n) is 14.5. The number of carbonyl (C=O) groups is 1. The van der Waals surface area contributed by atoms with Gasteiger partial charge in [-0.25, -0.2) is 17.9 Å². The second kappa shape index (κ2) is 9.02. The van der Waals surface area contributed by atoms with Crippen LogP contribution in [0.25, 0.3) is 0 Å². The number of methoxy groups -OCH3 is 1. The van der Waals surface area contributed by atoms with Gasteiger partial charge in [0.05, 0.1) is 29.3 Å². The van der Waals surface area contributed by atoms with Crippen LogP contribution in [-0.2, 0) is 14.8 Å². The summed E-state index contributed by atoms with van der Waals surface area (Å²) in [7, 11) is -2.39. The van der Waals surface area contributed by atoms with Gasteiger partial charge in [-0.05, 0) is 37.1 Å². The largest absolute Gasteiger partial charge is 0.453 e. The Labute approximate surface area is 157 Å². The van der Waals surface area contributed by atoms with Crippen molar-refractivity contribution in [1.82, 2.24) is 14.5 Å². The van der Waals surface area contributed by atoms with Crippen LogP contribution in [0.1, 0.15) is 25.8 Å². The van der Waals surface area contributed by atoms with E-state index < -0.39 is 16.1 Å². The number of aromatic nitrogens is 2. The molecule has 0 radical (unpaired) electrons. The normalized spacial score (nSPS) is 12.6. The maximum absolute atomic E-state index is 12.4. The molecule has 1 atom stereocenters. The van der Waals surface area contributed by atoms with Crippen LogP contribution in [0, 0.1) is 0 Å². The molecule has 0 unspecified atom stereocenters. The molecule has 0 saturated carbocycles. The zero-order chi connectivity index (χ0) is 19.2. The van der Waals surface area contributed by atoms with Crippen molar-refractivity contribution in [2.75, 3.05) is 19.0 Å². The Morgan fingerprint density at radius 2 is 2.04 bits per heavy atom. The molecule has 2 rings (SSSR count). The zero-order valence-corrected chi connectivity index (χ0v) is 16.0. The van der Waals surface area contributed by atoms with Crippen molar-refractivity contribution in [3.63, 3.8) is 0 Å². The Morgan fingerprint density at radius 1 is 1.35 bits per heavy atom. The average molecular weight is 401 g/mol. The molecule has 0 saturated heterocycles. The molecular formula is C16H21ClN4O4S. The van der Waals surface area contributed by atoms with Gasteiger partial charge in [-0.15, -0.1) is 0 Å². The van der Waals surface area contributed by atoms with E-state index in [1.165, 1.54) is 31.4 Å². The summed E-state index contributed by atoms with van der Waals surface area (Å²) >= 11 is 5.87. The Kier molecular flexibility index (Phi) is 7.01. The van der Waals surface area contributed by atoms with E-state index in [1.807, 2.05) is 6.92 Å². The summed E-state index contributed by atoms with van der Waals surface area (Å²) in [5.41, 5.74) is 0.442. The fraction of sp³-hybridized carbons (Fsp3) is 0.375. The molecule has 1 amide bonds. The highest BCUT2D eigenvalue weighted by Crippen LogP contribution is 2.18. The first-order valence-electron chi connectivity index (χ1n) is 8.00. The lowest BCUT2D eigenvalue weighted by molar-refractivity contribution is 0.187. The molecule has 8 nitrogen and oxygen atoms in total. The summed E-state index contributed by atoms with van der Waals surface area (Å²) in [5.74, 6) is 0. The molecule has 2 aromatic rings. The van der Waals surface area contributed by atoms with Crippen molar-refractivity contribution >= 4 is 33.4 Å². The third kappa shape index (κ3) is 5.45.